The molecule has 1 amide bonds. The number of amides is 1. The molecule has 1 aliphatic carbocycles. The maximum Gasteiger partial charge on any atom is 0.270 e. The smallest absolute Gasteiger partial charge is 0.270 e. The van der Waals surface area contributed by atoms with Gasteiger partial charge in [0, 0.05) is 17.3 Å². The average molecular weight is 326 g/mol. The van der Waals surface area contributed by atoms with Crippen LogP contribution in [0.2, 0.25) is 5.02 Å². The molecule has 0 spiro atoms. The van der Waals surface area contributed by atoms with E-state index < -0.39 is 0 Å². The third-order valence-corrected chi connectivity index (χ3v) is 4.71. The minimum atomic E-state index is -0.145. The van der Waals surface area contributed by atoms with Crippen LogP contribution in [0.3, 0.4) is 0 Å². The molecule has 3 aromatic rings. The standard InChI is InChI=1S/C18H16ClN3O/c19-13-7-3-5-11-12-6-4-9-14(17(12)22-16(11)13)21-18(23)15-8-1-2-10-20-15/h1-3,5,7-8,10,14,22H,4,6,9H2,(H,21,23). The van der Waals surface area contributed by atoms with Crippen molar-refractivity contribution >= 4 is 28.4 Å². The van der Waals surface area contributed by atoms with E-state index in [1.807, 2.05) is 18.2 Å². The number of aryl methyl sites for hydroxylation is 1. The fourth-order valence-electron chi connectivity index (χ4n) is 3.33. The zero-order chi connectivity index (χ0) is 15.8. The van der Waals surface area contributed by atoms with E-state index in [1.54, 1.807) is 18.3 Å². The Balaban J connectivity index is 1.69. The van der Waals surface area contributed by atoms with Crippen LogP contribution in [-0.4, -0.2) is 15.9 Å². The minimum Gasteiger partial charge on any atom is -0.355 e. The summed E-state index contributed by atoms with van der Waals surface area (Å²) >= 11 is 6.30. The molecule has 5 heteroatoms. The van der Waals surface area contributed by atoms with Crippen LogP contribution in [-0.2, 0) is 6.42 Å². The SMILES string of the molecule is O=C(NC1CCCc2c1[nH]c1c(Cl)cccc21)c1ccccn1. The summed E-state index contributed by atoms with van der Waals surface area (Å²) in [5, 5.41) is 4.97. The summed E-state index contributed by atoms with van der Waals surface area (Å²) in [6, 6.07) is 11.2. The number of para-hydroxylation sites is 1. The molecule has 1 unspecified atom stereocenters. The maximum atomic E-state index is 12.4. The van der Waals surface area contributed by atoms with Crippen molar-refractivity contribution in [3.63, 3.8) is 0 Å². The molecule has 0 bridgehead atoms. The molecule has 1 atom stereocenters. The van der Waals surface area contributed by atoms with E-state index in [9.17, 15) is 4.79 Å². The van der Waals surface area contributed by atoms with Gasteiger partial charge in [-0.15, -0.1) is 0 Å². The lowest BCUT2D eigenvalue weighted by Gasteiger charge is -2.23. The number of fused-ring (bicyclic) bond motifs is 3. The summed E-state index contributed by atoms with van der Waals surface area (Å²) in [6.45, 7) is 0. The monoisotopic (exact) mass is 325 g/mol. The Morgan fingerprint density at radius 1 is 1.26 bits per heavy atom. The van der Waals surface area contributed by atoms with Gasteiger partial charge in [0.1, 0.15) is 5.69 Å². The zero-order valence-corrected chi connectivity index (χ0v) is 13.2. The number of hydrogen-bond donors (Lipinski definition) is 2. The van der Waals surface area contributed by atoms with Crippen molar-refractivity contribution in [1.82, 2.24) is 15.3 Å². The highest BCUT2D eigenvalue weighted by Gasteiger charge is 2.26. The molecule has 116 valence electrons. The van der Waals surface area contributed by atoms with Gasteiger partial charge in [0.25, 0.3) is 5.91 Å². The number of aromatic amines is 1. The van der Waals surface area contributed by atoms with Crippen LogP contribution < -0.4 is 5.32 Å². The second-order valence-corrected chi connectivity index (χ2v) is 6.22. The number of H-pyrrole nitrogens is 1. The molecule has 23 heavy (non-hydrogen) atoms. The van der Waals surface area contributed by atoms with E-state index in [-0.39, 0.29) is 11.9 Å². The molecule has 2 heterocycles. The molecule has 0 saturated heterocycles. The Bertz CT molecular complexity index is 873. The van der Waals surface area contributed by atoms with E-state index in [2.05, 4.69) is 21.4 Å². The fourth-order valence-corrected chi connectivity index (χ4v) is 3.55. The van der Waals surface area contributed by atoms with Crippen LogP contribution in [0, 0.1) is 0 Å². The molecule has 0 aliphatic heterocycles. The molecule has 4 nitrogen and oxygen atoms in total. The van der Waals surface area contributed by atoms with Gasteiger partial charge in [0.15, 0.2) is 0 Å². The number of halogens is 1. The molecular weight excluding hydrogens is 310 g/mol. The highest BCUT2D eigenvalue weighted by Crippen LogP contribution is 2.36. The molecule has 1 aromatic carbocycles. The van der Waals surface area contributed by atoms with Crippen LogP contribution in [0.15, 0.2) is 42.6 Å². The van der Waals surface area contributed by atoms with Gasteiger partial charge < -0.3 is 10.3 Å². The Morgan fingerprint density at radius 2 is 2.17 bits per heavy atom. The second kappa shape index (κ2) is 5.70. The van der Waals surface area contributed by atoms with Gasteiger partial charge in [-0.25, -0.2) is 0 Å². The van der Waals surface area contributed by atoms with Gasteiger partial charge in [0.05, 0.1) is 16.6 Å². The van der Waals surface area contributed by atoms with Crippen LogP contribution in [0.5, 0.6) is 0 Å². The van der Waals surface area contributed by atoms with E-state index in [0.29, 0.717) is 10.7 Å². The normalized spacial score (nSPS) is 17.0. The number of nitrogens with zero attached hydrogens (tertiary/aromatic N) is 1. The summed E-state index contributed by atoms with van der Waals surface area (Å²) in [5.41, 5.74) is 3.73. The van der Waals surface area contributed by atoms with Gasteiger partial charge in [-0.3, -0.25) is 9.78 Å². The minimum absolute atomic E-state index is 0.0308. The predicted molar refractivity (Wildman–Crippen MR) is 90.7 cm³/mol. The molecule has 0 radical (unpaired) electrons. The maximum absolute atomic E-state index is 12.4. The summed E-state index contributed by atoms with van der Waals surface area (Å²) in [7, 11) is 0. The summed E-state index contributed by atoms with van der Waals surface area (Å²) in [5.74, 6) is -0.145. The number of benzene rings is 1. The van der Waals surface area contributed by atoms with Crippen LogP contribution in [0.4, 0.5) is 0 Å². The van der Waals surface area contributed by atoms with E-state index in [4.69, 9.17) is 11.6 Å². The third-order valence-electron chi connectivity index (χ3n) is 4.39. The highest BCUT2D eigenvalue weighted by molar-refractivity contribution is 6.35. The number of hydrogen-bond acceptors (Lipinski definition) is 2. The first-order valence-corrected chi connectivity index (χ1v) is 8.12. The van der Waals surface area contributed by atoms with Crippen molar-refractivity contribution in [3.05, 3.63) is 64.6 Å². The molecular formula is C18H16ClN3O. The van der Waals surface area contributed by atoms with Crippen LogP contribution in [0.25, 0.3) is 10.9 Å². The Hall–Kier alpha value is -2.33. The zero-order valence-electron chi connectivity index (χ0n) is 12.5. The lowest BCUT2D eigenvalue weighted by Crippen LogP contribution is -2.31. The van der Waals surface area contributed by atoms with Gasteiger partial charge in [-0.05, 0) is 43.0 Å². The molecule has 0 saturated carbocycles. The third kappa shape index (κ3) is 2.49. The predicted octanol–water partition coefficient (Wildman–Crippen LogP) is 4.02. The van der Waals surface area contributed by atoms with Crippen molar-refractivity contribution in [2.75, 3.05) is 0 Å². The second-order valence-electron chi connectivity index (χ2n) is 5.81. The summed E-state index contributed by atoms with van der Waals surface area (Å²) in [4.78, 5) is 19.9. The Kier molecular flexibility index (Phi) is 3.54. The van der Waals surface area contributed by atoms with Crippen molar-refractivity contribution < 1.29 is 4.79 Å². The van der Waals surface area contributed by atoms with Crippen molar-refractivity contribution in [2.45, 2.75) is 25.3 Å². The molecule has 1 aliphatic rings. The van der Waals surface area contributed by atoms with Gasteiger partial charge >= 0.3 is 0 Å². The van der Waals surface area contributed by atoms with Crippen LogP contribution in [0.1, 0.15) is 40.6 Å². The lowest BCUT2D eigenvalue weighted by atomic mass is 9.91. The molecule has 4 rings (SSSR count). The van der Waals surface area contributed by atoms with Gasteiger partial charge in [0.2, 0.25) is 0 Å². The van der Waals surface area contributed by atoms with Gasteiger partial charge in [-0.1, -0.05) is 29.8 Å². The van der Waals surface area contributed by atoms with Crippen molar-refractivity contribution in [3.8, 4) is 0 Å². The fraction of sp³-hybridized carbons (Fsp3) is 0.222. The van der Waals surface area contributed by atoms with Crippen molar-refractivity contribution in [1.29, 1.82) is 0 Å². The molecule has 0 fully saturated rings. The number of pyridine rings is 1. The number of carbonyl (C=O) groups is 1. The number of aromatic nitrogens is 2. The van der Waals surface area contributed by atoms with Gasteiger partial charge in [-0.2, -0.15) is 0 Å². The quantitative estimate of drug-likeness (QED) is 0.747. The number of rotatable bonds is 2. The van der Waals surface area contributed by atoms with Crippen molar-refractivity contribution in [2.24, 2.45) is 0 Å². The first kappa shape index (κ1) is 14.3. The first-order chi connectivity index (χ1) is 11.2. The largest absolute Gasteiger partial charge is 0.355 e. The summed E-state index contributed by atoms with van der Waals surface area (Å²) < 4.78 is 0. The first-order valence-electron chi connectivity index (χ1n) is 7.75. The Morgan fingerprint density at radius 3 is 3.00 bits per heavy atom. The molecule has 2 aromatic heterocycles. The average Bonchev–Trinajstić information content (AvgIpc) is 2.97. The molecule has 2 N–H and O–H groups in total. The van der Waals surface area contributed by atoms with Crippen LogP contribution >= 0.6 is 11.6 Å². The van der Waals surface area contributed by atoms with E-state index in [0.717, 1.165) is 35.9 Å². The topological polar surface area (TPSA) is 57.8 Å². The summed E-state index contributed by atoms with van der Waals surface area (Å²) in [6.07, 6.45) is 4.59. The Labute approximate surface area is 138 Å². The number of carbonyl (C=O) groups excluding carboxylic acids is 1. The number of nitrogens with one attached hydrogen (secondary N) is 2. The highest BCUT2D eigenvalue weighted by atomic mass is 35.5. The van der Waals surface area contributed by atoms with E-state index in [1.165, 1.54) is 5.56 Å². The van der Waals surface area contributed by atoms with E-state index >= 15 is 0 Å². The lowest BCUT2D eigenvalue weighted by molar-refractivity contribution is 0.0927.